The molecule has 1 aromatic carbocycles. The van der Waals surface area contributed by atoms with E-state index < -0.39 is 5.97 Å². The van der Waals surface area contributed by atoms with Crippen LogP contribution in [0.4, 0.5) is 0 Å². The van der Waals surface area contributed by atoms with Gasteiger partial charge in [-0.3, -0.25) is 14.5 Å². The Hall–Kier alpha value is -2.25. The first-order valence-corrected chi connectivity index (χ1v) is 12.0. The molecule has 2 saturated carbocycles. The first kappa shape index (κ1) is 22.9. The molecule has 0 atom stereocenters. The van der Waals surface area contributed by atoms with Crippen LogP contribution in [0, 0.1) is 23.7 Å². The predicted octanol–water partition coefficient (Wildman–Crippen LogP) is 3.00. The van der Waals surface area contributed by atoms with E-state index in [1.165, 1.54) is 11.0 Å². The van der Waals surface area contributed by atoms with Crippen LogP contribution in [0.25, 0.3) is 0 Å². The Morgan fingerprint density at radius 3 is 2.16 bits per heavy atom. The van der Waals surface area contributed by atoms with Crippen molar-refractivity contribution in [1.82, 2.24) is 4.90 Å². The van der Waals surface area contributed by atoms with Crippen molar-refractivity contribution >= 4 is 17.8 Å². The van der Waals surface area contributed by atoms with Crippen molar-refractivity contribution in [3.05, 3.63) is 34.9 Å². The lowest BCUT2D eigenvalue weighted by Gasteiger charge is -2.29. The van der Waals surface area contributed by atoms with Gasteiger partial charge in [0.25, 0.3) is 11.8 Å². The third-order valence-electron chi connectivity index (χ3n) is 7.62. The Morgan fingerprint density at radius 1 is 0.906 bits per heavy atom. The average Bonchev–Trinajstić information content (AvgIpc) is 3.07. The molecule has 174 valence electrons. The summed E-state index contributed by atoms with van der Waals surface area (Å²) < 4.78 is 5.53. The molecule has 1 aromatic rings. The van der Waals surface area contributed by atoms with Gasteiger partial charge in [-0.25, -0.2) is 4.79 Å². The fraction of sp³-hybridized carbons (Fsp3) is 0.640. The molecule has 2 amide bonds. The van der Waals surface area contributed by atoms with Gasteiger partial charge in [0.05, 0.1) is 23.3 Å². The highest BCUT2D eigenvalue weighted by Gasteiger charge is 2.38. The lowest BCUT2D eigenvalue weighted by molar-refractivity contribution is 0.0396. The summed E-state index contributed by atoms with van der Waals surface area (Å²) in [6.45, 7) is 1.70. The Kier molecular flexibility index (Phi) is 7.26. The Morgan fingerprint density at radius 2 is 1.50 bits per heavy atom. The normalized spacial score (nSPS) is 28.0. The fourth-order valence-electron chi connectivity index (χ4n) is 5.35. The standard InChI is InChI=1S/C25H34N2O5/c26-12-16-1-7-19(8-2-16)15-32-25(31)20-9-10-21-22(11-20)24(30)27(23(21)29)13-17-3-5-18(14-28)6-4-17/h9-11,16-19,28H,1-8,12-15,26H2. The molecular formula is C25H34N2O5. The summed E-state index contributed by atoms with van der Waals surface area (Å²) in [5.74, 6) is 0.465. The van der Waals surface area contributed by atoms with Gasteiger partial charge >= 0.3 is 5.97 Å². The molecule has 7 heteroatoms. The van der Waals surface area contributed by atoms with Crippen molar-refractivity contribution in [2.75, 3.05) is 26.3 Å². The van der Waals surface area contributed by atoms with E-state index in [2.05, 4.69) is 0 Å². The third kappa shape index (κ3) is 4.89. The zero-order chi connectivity index (χ0) is 22.7. The van der Waals surface area contributed by atoms with Crippen molar-refractivity contribution in [2.45, 2.75) is 51.4 Å². The highest BCUT2D eigenvalue weighted by atomic mass is 16.5. The number of benzene rings is 1. The molecule has 32 heavy (non-hydrogen) atoms. The SMILES string of the molecule is NCC1CCC(COC(=O)c2ccc3c(c2)C(=O)N(CC2CCC(CO)CC2)C3=O)CC1. The number of rotatable bonds is 7. The summed E-state index contributed by atoms with van der Waals surface area (Å²) in [6.07, 6.45) is 7.84. The zero-order valence-electron chi connectivity index (χ0n) is 18.6. The van der Waals surface area contributed by atoms with Gasteiger partial charge in [0.2, 0.25) is 0 Å². The molecule has 1 heterocycles. The number of aliphatic hydroxyl groups is 1. The molecule has 2 aliphatic carbocycles. The average molecular weight is 443 g/mol. The molecule has 0 radical (unpaired) electrons. The van der Waals surface area contributed by atoms with E-state index in [9.17, 15) is 19.5 Å². The number of hydrogen-bond acceptors (Lipinski definition) is 6. The molecule has 7 nitrogen and oxygen atoms in total. The van der Waals surface area contributed by atoms with Crippen LogP contribution in [0.3, 0.4) is 0 Å². The second kappa shape index (κ2) is 10.1. The van der Waals surface area contributed by atoms with Crippen LogP contribution in [0.5, 0.6) is 0 Å². The van der Waals surface area contributed by atoms with E-state index >= 15 is 0 Å². The highest BCUT2D eigenvalue weighted by Crippen LogP contribution is 2.32. The Bertz CT molecular complexity index is 854. The van der Waals surface area contributed by atoms with Crippen LogP contribution in [-0.4, -0.2) is 54.1 Å². The molecule has 3 N–H and O–H groups in total. The molecular weight excluding hydrogens is 408 g/mol. The van der Waals surface area contributed by atoms with Crippen LogP contribution >= 0.6 is 0 Å². The quantitative estimate of drug-likeness (QED) is 0.496. The first-order valence-electron chi connectivity index (χ1n) is 12.0. The van der Waals surface area contributed by atoms with Crippen LogP contribution < -0.4 is 5.73 Å². The van der Waals surface area contributed by atoms with Crippen LogP contribution in [0.2, 0.25) is 0 Å². The molecule has 2 fully saturated rings. The van der Waals surface area contributed by atoms with E-state index in [4.69, 9.17) is 10.5 Å². The summed E-state index contributed by atoms with van der Waals surface area (Å²) in [5.41, 5.74) is 6.69. The number of esters is 1. The number of nitrogens with two attached hydrogens (primary N) is 1. The number of imide groups is 1. The first-order chi connectivity index (χ1) is 15.5. The van der Waals surface area contributed by atoms with Gasteiger partial charge in [-0.2, -0.15) is 0 Å². The third-order valence-corrected chi connectivity index (χ3v) is 7.62. The minimum absolute atomic E-state index is 0.202. The predicted molar refractivity (Wildman–Crippen MR) is 119 cm³/mol. The molecule has 3 aliphatic rings. The minimum Gasteiger partial charge on any atom is -0.462 e. The van der Waals surface area contributed by atoms with E-state index in [1.807, 2.05) is 0 Å². The molecule has 0 saturated heterocycles. The second-order valence-electron chi connectivity index (χ2n) is 9.77. The van der Waals surface area contributed by atoms with Crippen molar-refractivity contribution in [3.63, 3.8) is 0 Å². The number of hydrogen-bond donors (Lipinski definition) is 2. The molecule has 1 aliphatic heterocycles. The van der Waals surface area contributed by atoms with Gasteiger partial charge in [0, 0.05) is 13.2 Å². The van der Waals surface area contributed by atoms with E-state index in [-0.39, 0.29) is 29.9 Å². The monoisotopic (exact) mass is 442 g/mol. The van der Waals surface area contributed by atoms with Gasteiger partial charge in [-0.05, 0) is 99.8 Å². The number of carbonyl (C=O) groups excluding carboxylic acids is 3. The lowest BCUT2D eigenvalue weighted by Crippen LogP contribution is -2.36. The van der Waals surface area contributed by atoms with Gasteiger partial charge < -0.3 is 15.6 Å². The fourth-order valence-corrected chi connectivity index (χ4v) is 5.35. The molecule has 0 spiro atoms. The molecule has 4 rings (SSSR count). The van der Waals surface area contributed by atoms with E-state index in [1.54, 1.807) is 12.1 Å². The van der Waals surface area contributed by atoms with Gasteiger partial charge in [-0.1, -0.05) is 0 Å². The number of amides is 2. The van der Waals surface area contributed by atoms with Gasteiger partial charge in [0.15, 0.2) is 0 Å². The molecule has 0 aromatic heterocycles. The van der Waals surface area contributed by atoms with E-state index in [0.717, 1.165) is 57.9 Å². The maximum absolute atomic E-state index is 12.9. The summed E-state index contributed by atoms with van der Waals surface area (Å²) in [6, 6.07) is 4.65. The molecule has 0 bridgehead atoms. The maximum atomic E-state index is 12.9. The largest absolute Gasteiger partial charge is 0.462 e. The summed E-state index contributed by atoms with van der Waals surface area (Å²) in [4.78, 5) is 39.6. The molecule has 0 unspecified atom stereocenters. The summed E-state index contributed by atoms with van der Waals surface area (Å²) >= 11 is 0. The van der Waals surface area contributed by atoms with Crippen molar-refractivity contribution in [3.8, 4) is 0 Å². The van der Waals surface area contributed by atoms with Crippen LogP contribution in [0.15, 0.2) is 18.2 Å². The highest BCUT2D eigenvalue weighted by molar-refractivity contribution is 6.22. The second-order valence-corrected chi connectivity index (χ2v) is 9.77. The Labute approximate surface area is 189 Å². The lowest BCUT2D eigenvalue weighted by atomic mass is 9.82. The summed E-state index contributed by atoms with van der Waals surface area (Å²) in [5, 5.41) is 9.31. The number of aliphatic hydroxyl groups excluding tert-OH is 1. The maximum Gasteiger partial charge on any atom is 0.338 e. The van der Waals surface area contributed by atoms with Gasteiger partial charge in [-0.15, -0.1) is 0 Å². The minimum atomic E-state index is -0.449. The topological polar surface area (TPSA) is 110 Å². The smallest absolute Gasteiger partial charge is 0.338 e. The number of carbonyl (C=O) groups is 3. The van der Waals surface area contributed by atoms with Crippen molar-refractivity contribution in [2.24, 2.45) is 29.4 Å². The van der Waals surface area contributed by atoms with Crippen molar-refractivity contribution in [1.29, 1.82) is 0 Å². The van der Waals surface area contributed by atoms with Crippen molar-refractivity contribution < 1.29 is 24.2 Å². The van der Waals surface area contributed by atoms with E-state index in [0.29, 0.717) is 42.0 Å². The zero-order valence-corrected chi connectivity index (χ0v) is 18.6. The number of ether oxygens (including phenoxy) is 1. The number of nitrogens with zero attached hydrogens (tertiary/aromatic N) is 1. The summed E-state index contributed by atoms with van der Waals surface area (Å²) in [7, 11) is 0. The Balaban J connectivity index is 1.34. The number of fused-ring (bicyclic) bond motifs is 1. The van der Waals surface area contributed by atoms with Crippen LogP contribution in [-0.2, 0) is 4.74 Å². The van der Waals surface area contributed by atoms with Crippen LogP contribution in [0.1, 0.15) is 82.4 Å². The van der Waals surface area contributed by atoms with Gasteiger partial charge in [0.1, 0.15) is 0 Å².